The molecule has 1 aliphatic rings. The molecular weight excluding hydrogens is 204 g/mol. The second-order valence-electron chi connectivity index (χ2n) is 4.93. The number of epoxide rings is 1. The number of carbonyl (C=O) groups is 1. The molecule has 94 valence electrons. The summed E-state index contributed by atoms with van der Waals surface area (Å²) in [6.45, 7) is 6.75. The lowest BCUT2D eigenvalue weighted by atomic mass is 10.0. The molecule has 0 aromatic carbocycles. The summed E-state index contributed by atoms with van der Waals surface area (Å²) in [4.78, 5) is 10.9. The van der Waals surface area contributed by atoms with Crippen molar-refractivity contribution in [2.75, 3.05) is 6.61 Å². The predicted molar refractivity (Wildman–Crippen MR) is 63.2 cm³/mol. The SMILES string of the molecule is CCC(=O)OCC1OC1CCCCC(C)C. The molecule has 0 aliphatic carbocycles. The number of unbranched alkanes of at least 4 members (excludes halogenated alkanes) is 1. The Bertz CT molecular complexity index is 213. The molecule has 1 fully saturated rings. The summed E-state index contributed by atoms with van der Waals surface area (Å²) in [5, 5.41) is 0. The maximum absolute atomic E-state index is 10.9. The summed E-state index contributed by atoms with van der Waals surface area (Å²) in [7, 11) is 0. The monoisotopic (exact) mass is 228 g/mol. The van der Waals surface area contributed by atoms with Crippen molar-refractivity contribution in [3.63, 3.8) is 0 Å². The van der Waals surface area contributed by atoms with Gasteiger partial charge in [0.25, 0.3) is 0 Å². The average molecular weight is 228 g/mol. The van der Waals surface area contributed by atoms with Crippen LogP contribution in [-0.4, -0.2) is 24.8 Å². The summed E-state index contributed by atoms with van der Waals surface area (Å²) in [6.07, 6.45) is 5.88. The van der Waals surface area contributed by atoms with Gasteiger partial charge in [0.05, 0.1) is 6.10 Å². The predicted octanol–water partition coefficient (Wildman–Crippen LogP) is 2.92. The molecule has 3 nitrogen and oxygen atoms in total. The molecule has 3 heteroatoms. The lowest BCUT2D eigenvalue weighted by Gasteiger charge is -2.02. The van der Waals surface area contributed by atoms with Gasteiger partial charge in [0.2, 0.25) is 0 Å². The number of carbonyl (C=O) groups excluding carboxylic acids is 1. The first kappa shape index (κ1) is 13.5. The van der Waals surface area contributed by atoms with Crippen LogP contribution in [0.15, 0.2) is 0 Å². The average Bonchev–Trinajstić information content (AvgIpc) is 2.99. The van der Waals surface area contributed by atoms with E-state index in [-0.39, 0.29) is 12.1 Å². The Kier molecular flexibility index (Phi) is 5.81. The molecule has 0 aromatic heterocycles. The van der Waals surface area contributed by atoms with E-state index in [1.54, 1.807) is 6.92 Å². The normalized spacial score (nSPS) is 23.5. The van der Waals surface area contributed by atoms with Crippen molar-refractivity contribution in [1.29, 1.82) is 0 Å². The van der Waals surface area contributed by atoms with E-state index in [1.807, 2.05) is 0 Å². The van der Waals surface area contributed by atoms with Crippen molar-refractivity contribution in [2.45, 2.75) is 65.1 Å². The third-order valence-electron chi connectivity index (χ3n) is 2.91. The topological polar surface area (TPSA) is 38.8 Å². The molecule has 0 amide bonds. The molecule has 1 aliphatic heterocycles. The molecule has 0 bridgehead atoms. The van der Waals surface area contributed by atoms with Crippen molar-refractivity contribution in [1.82, 2.24) is 0 Å². The van der Waals surface area contributed by atoms with Gasteiger partial charge in [0, 0.05) is 6.42 Å². The van der Waals surface area contributed by atoms with E-state index in [9.17, 15) is 4.79 Å². The van der Waals surface area contributed by atoms with Gasteiger partial charge in [-0.15, -0.1) is 0 Å². The highest BCUT2D eigenvalue weighted by molar-refractivity contribution is 5.68. The van der Waals surface area contributed by atoms with E-state index in [0.717, 1.165) is 12.3 Å². The molecule has 1 saturated heterocycles. The highest BCUT2D eigenvalue weighted by atomic mass is 16.6. The van der Waals surface area contributed by atoms with Gasteiger partial charge in [-0.25, -0.2) is 0 Å². The fourth-order valence-electron chi connectivity index (χ4n) is 1.75. The number of esters is 1. The van der Waals surface area contributed by atoms with Gasteiger partial charge >= 0.3 is 5.97 Å². The maximum atomic E-state index is 10.9. The molecule has 0 aromatic rings. The van der Waals surface area contributed by atoms with Gasteiger partial charge in [-0.05, 0) is 12.3 Å². The molecular formula is C13H24O3. The van der Waals surface area contributed by atoms with Crippen LogP contribution in [0, 0.1) is 5.92 Å². The zero-order chi connectivity index (χ0) is 12.0. The van der Waals surface area contributed by atoms with Crippen molar-refractivity contribution in [2.24, 2.45) is 5.92 Å². The van der Waals surface area contributed by atoms with Gasteiger partial charge in [0.1, 0.15) is 12.7 Å². The highest BCUT2D eigenvalue weighted by Gasteiger charge is 2.38. The molecule has 0 N–H and O–H groups in total. The third kappa shape index (κ3) is 5.50. The van der Waals surface area contributed by atoms with E-state index in [1.165, 1.54) is 19.3 Å². The lowest BCUT2D eigenvalue weighted by molar-refractivity contribution is -0.143. The molecule has 1 heterocycles. The summed E-state index contributed by atoms with van der Waals surface area (Å²) >= 11 is 0. The Morgan fingerprint density at radius 2 is 2.06 bits per heavy atom. The van der Waals surface area contributed by atoms with Gasteiger partial charge < -0.3 is 9.47 Å². The Labute approximate surface area is 98.5 Å². The zero-order valence-electron chi connectivity index (χ0n) is 10.7. The number of rotatable bonds is 8. The lowest BCUT2D eigenvalue weighted by Crippen LogP contribution is -2.10. The minimum Gasteiger partial charge on any atom is -0.463 e. The largest absolute Gasteiger partial charge is 0.463 e. The highest BCUT2D eigenvalue weighted by Crippen LogP contribution is 2.28. The van der Waals surface area contributed by atoms with Gasteiger partial charge in [-0.2, -0.15) is 0 Å². The first-order chi connectivity index (χ1) is 7.63. The van der Waals surface area contributed by atoms with Crippen LogP contribution in [-0.2, 0) is 14.3 Å². The quantitative estimate of drug-likeness (QED) is 0.364. The molecule has 1 rings (SSSR count). The van der Waals surface area contributed by atoms with Gasteiger partial charge in [-0.1, -0.05) is 40.0 Å². The van der Waals surface area contributed by atoms with Crippen LogP contribution in [0.5, 0.6) is 0 Å². The van der Waals surface area contributed by atoms with E-state index < -0.39 is 0 Å². The maximum Gasteiger partial charge on any atom is 0.305 e. The Morgan fingerprint density at radius 3 is 2.69 bits per heavy atom. The number of ether oxygens (including phenoxy) is 2. The summed E-state index contributed by atoms with van der Waals surface area (Å²) in [5.74, 6) is 0.662. The zero-order valence-corrected chi connectivity index (χ0v) is 10.7. The molecule has 16 heavy (non-hydrogen) atoms. The molecule has 0 radical (unpaired) electrons. The van der Waals surface area contributed by atoms with Crippen LogP contribution in [0.2, 0.25) is 0 Å². The first-order valence-corrected chi connectivity index (χ1v) is 6.44. The van der Waals surface area contributed by atoms with Crippen molar-refractivity contribution in [3.05, 3.63) is 0 Å². The van der Waals surface area contributed by atoms with Crippen LogP contribution in [0.4, 0.5) is 0 Å². The first-order valence-electron chi connectivity index (χ1n) is 6.44. The van der Waals surface area contributed by atoms with E-state index in [2.05, 4.69) is 13.8 Å². The van der Waals surface area contributed by atoms with Crippen molar-refractivity contribution in [3.8, 4) is 0 Å². The summed E-state index contributed by atoms with van der Waals surface area (Å²) < 4.78 is 10.5. The van der Waals surface area contributed by atoms with Gasteiger partial charge in [0.15, 0.2) is 0 Å². The molecule has 2 atom stereocenters. The van der Waals surface area contributed by atoms with E-state index in [4.69, 9.17) is 9.47 Å². The Hall–Kier alpha value is -0.570. The smallest absolute Gasteiger partial charge is 0.305 e. The molecule has 0 saturated carbocycles. The fraction of sp³-hybridized carbons (Fsp3) is 0.923. The van der Waals surface area contributed by atoms with Crippen LogP contribution < -0.4 is 0 Å². The Balaban J connectivity index is 1.92. The molecule has 0 spiro atoms. The fourth-order valence-corrected chi connectivity index (χ4v) is 1.75. The van der Waals surface area contributed by atoms with Crippen LogP contribution in [0.1, 0.15) is 52.9 Å². The second kappa shape index (κ2) is 6.89. The standard InChI is InChI=1S/C13H24O3/c1-4-13(14)15-9-12-11(16-12)8-6-5-7-10(2)3/h10-12H,4-9H2,1-3H3. The summed E-state index contributed by atoms with van der Waals surface area (Å²) in [5.41, 5.74) is 0. The van der Waals surface area contributed by atoms with Crippen LogP contribution in [0.25, 0.3) is 0 Å². The van der Waals surface area contributed by atoms with Crippen molar-refractivity contribution < 1.29 is 14.3 Å². The van der Waals surface area contributed by atoms with E-state index >= 15 is 0 Å². The number of hydrogen-bond acceptors (Lipinski definition) is 3. The van der Waals surface area contributed by atoms with E-state index in [0.29, 0.717) is 19.1 Å². The molecule has 2 unspecified atom stereocenters. The minimum atomic E-state index is -0.131. The summed E-state index contributed by atoms with van der Waals surface area (Å²) in [6, 6.07) is 0. The third-order valence-corrected chi connectivity index (χ3v) is 2.91. The second-order valence-corrected chi connectivity index (χ2v) is 4.93. The van der Waals surface area contributed by atoms with Crippen LogP contribution >= 0.6 is 0 Å². The van der Waals surface area contributed by atoms with Crippen molar-refractivity contribution >= 4 is 5.97 Å². The number of hydrogen-bond donors (Lipinski definition) is 0. The minimum absolute atomic E-state index is 0.131. The van der Waals surface area contributed by atoms with Gasteiger partial charge in [-0.3, -0.25) is 4.79 Å². The Morgan fingerprint density at radius 1 is 1.31 bits per heavy atom. The van der Waals surface area contributed by atoms with Crippen LogP contribution in [0.3, 0.4) is 0 Å².